The molecule has 1 N–H and O–H groups in total. The van der Waals surface area contributed by atoms with Gasteiger partial charge in [-0.2, -0.15) is 0 Å². The van der Waals surface area contributed by atoms with E-state index >= 15 is 0 Å². The van der Waals surface area contributed by atoms with Gasteiger partial charge in [0.1, 0.15) is 17.3 Å². The predicted molar refractivity (Wildman–Crippen MR) is 105 cm³/mol. The van der Waals surface area contributed by atoms with Gasteiger partial charge in [-0.25, -0.2) is 0 Å². The van der Waals surface area contributed by atoms with Crippen LogP contribution in [-0.4, -0.2) is 37.3 Å². The second kappa shape index (κ2) is 7.94. The van der Waals surface area contributed by atoms with Crippen LogP contribution in [0.3, 0.4) is 0 Å². The molecule has 2 aliphatic rings. The van der Waals surface area contributed by atoms with Crippen molar-refractivity contribution in [2.24, 2.45) is 0 Å². The fraction of sp³-hybridized carbons (Fsp3) is 0.435. The molecule has 2 aromatic rings. The first-order valence-electron chi connectivity index (χ1n) is 9.78. The number of ether oxygens (including phenoxy) is 3. The van der Waals surface area contributed by atoms with E-state index < -0.39 is 6.10 Å². The van der Waals surface area contributed by atoms with E-state index in [9.17, 15) is 9.90 Å². The molecule has 1 fully saturated rings. The average Bonchev–Trinajstić information content (AvgIpc) is 3.21. The molecule has 2 heterocycles. The third-order valence-electron chi connectivity index (χ3n) is 5.71. The van der Waals surface area contributed by atoms with Gasteiger partial charge in [0, 0.05) is 31.2 Å². The maximum Gasteiger partial charge on any atom is 0.138 e. The molecule has 1 saturated heterocycles. The van der Waals surface area contributed by atoms with Crippen molar-refractivity contribution in [3.63, 3.8) is 0 Å². The third-order valence-corrected chi connectivity index (χ3v) is 5.71. The van der Waals surface area contributed by atoms with Crippen LogP contribution in [0.1, 0.15) is 46.8 Å². The van der Waals surface area contributed by atoms with Crippen molar-refractivity contribution in [1.82, 2.24) is 0 Å². The molecule has 5 nitrogen and oxygen atoms in total. The lowest BCUT2D eigenvalue weighted by Gasteiger charge is -2.30. The van der Waals surface area contributed by atoms with Crippen LogP contribution in [0, 0.1) is 6.92 Å². The minimum absolute atomic E-state index is 0.131. The van der Waals surface area contributed by atoms with Gasteiger partial charge < -0.3 is 19.3 Å². The molecule has 0 saturated carbocycles. The lowest BCUT2D eigenvalue weighted by Crippen LogP contribution is -2.31. The first-order chi connectivity index (χ1) is 13.6. The van der Waals surface area contributed by atoms with Crippen LogP contribution < -0.4 is 9.47 Å². The number of rotatable bonds is 5. The fourth-order valence-electron chi connectivity index (χ4n) is 4.23. The normalized spacial score (nSPS) is 21.3. The van der Waals surface area contributed by atoms with E-state index in [0.29, 0.717) is 19.4 Å². The van der Waals surface area contributed by atoms with Gasteiger partial charge in [-0.05, 0) is 47.4 Å². The van der Waals surface area contributed by atoms with Crippen LogP contribution in [0.5, 0.6) is 11.5 Å². The number of hydrogen-bond acceptors (Lipinski definition) is 5. The summed E-state index contributed by atoms with van der Waals surface area (Å²) in [6, 6.07) is 10.2. The summed E-state index contributed by atoms with van der Waals surface area (Å²) >= 11 is 0. The number of carbonyl (C=O) groups excluding carboxylic acids is 1. The van der Waals surface area contributed by atoms with Crippen molar-refractivity contribution in [2.75, 3.05) is 20.3 Å². The number of ketones is 1. The quantitative estimate of drug-likeness (QED) is 0.860. The second-order valence-electron chi connectivity index (χ2n) is 7.56. The summed E-state index contributed by atoms with van der Waals surface area (Å²) in [4.78, 5) is 12.2. The summed E-state index contributed by atoms with van der Waals surface area (Å²) in [5.41, 5.74) is 5.67. The molecule has 2 aliphatic heterocycles. The molecule has 0 aliphatic carbocycles. The molecule has 28 heavy (non-hydrogen) atoms. The summed E-state index contributed by atoms with van der Waals surface area (Å²) in [6.07, 6.45) is 1.54. The zero-order valence-electron chi connectivity index (χ0n) is 16.4. The van der Waals surface area contributed by atoms with E-state index in [1.165, 1.54) is 11.1 Å². The number of hydrogen-bond donors (Lipinski definition) is 1. The van der Waals surface area contributed by atoms with E-state index in [1.54, 1.807) is 7.11 Å². The number of Topliss-reactive ketones (excluding diaryl/α,β-unsaturated/α-hetero) is 1. The number of aliphatic hydroxyl groups is 1. The zero-order valence-corrected chi connectivity index (χ0v) is 16.4. The van der Waals surface area contributed by atoms with Gasteiger partial charge in [-0.15, -0.1) is 0 Å². The van der Waals surface area contributed by atoms with Crippen LogP contribution in [0.15, 0.2) is 30.3 Å². The summed E-state index contributed by atoms with van der Waals surface area (Å²) in [5.74, 6) is 1.94. The molecule has 0 aromatic heterocycles. The molecule has 2 atom stereocenters. The Labute approximate surface area is 165 Å². The third kappa shape index (κ3) is 3.64. The Balaban J connectivity index is 1.69. The van der Waals surface area contributed by atoms with Crippen LogP contribution >= 0.6 is 0 Å². The van der Waals surface area contributed by atoms with Crippen LogP contribution in [0.25, 0.3) is 0 Å². The maximum absolute atomic E-state index is 12.2. The Bertz CT molecular complexity index is 872. The van der Waals surface area contributed by atoms with Gasteiger partial charge in [-0.3, -0.25) is 4.79 Å². The highest BCUT2D eigenvalue weighted by molar-refractivity contribution is 5.80. The highest BCUT2D eigenvalue weighted by Gasteiger charge is 2.32. The smallest absolute Gasteiger partial charge is 0.138 e. The molecule has 0 spiro atoms. The van der Waals surface area contributed by atoms with E-state index in [2.05, 4.69) is 25.1 Å². The maximum atomic E-state index is 12.2. The standard InChI is InChI=1S/C23H26O5/c1-14-20-7-8-27-23(20)16(9-15-3-5-18(26-2)6-4-15)10-21(14)22-12-17(25)11-19(13-24)28-22/h3-6,10,19,22,24H,7-9,11-13H2,1-2H3/t19-,22+/m0/s1. The fourth-order valence-corrected chi connectivity index (χ4v) is 4.23. The van der Waals surface area contributed by atoms with E-state index in [0.717, 1.165) is 41.0 Å². The minimum Gasteiger partial charge on any atom is -0.497 e. The highest BCUT2D eigenvalue weighted by atomic mass is 16.5. The van der Waals surface area contributed by atoms with Crippen molar-refractivity contribution >= 4 is 5.78 Å². The summed E-state index contributed by atoms with van der Waals surface area (Å²) in [6.45, 7) is 2.63. The van der Waals surface area contributed by atoms with Crippen LogP contribution in [0.2, 0.25) is 0 Å². The topological polar surface area (TPSA) is 65.0 Å². The first kappa shape index (κ1) is 19.0. The Morgan fingerprint density at radius 1 is 1.21 bits per heavy atom. The van der Waals surface area contributed by atoms with Gasteiger partial charge in [0.15, 0.2) is 0 Å². The Morgan fingerprint density at radius 2 is 2.00 bits per heavy atom. The van der Waals surface area contributed by atoms with E-state index in [1.807, 2.05) is 12.1 Å². The highest BCUT2D eigenvalue weighted by Crippen LogP contribution is 2.40. The van der Waals surface area contributed by atoms with E-state index in [4.69, 9.17) is 14.2 Å². The molecular weight excluding hydrogens is 356 g/mol. The van der Waals surface area contributed by atoms with Crippen LogP contribution in [0.4, 0.5) is 0 Å². The molecule has 0 amide bonds. The lowest BCUT2D eigenvalue weighted by molar-refractivity contribution is -0.139. The number of fused-ring (bicyclic) bond motifs is 1. The largest absolute Gasteiger partial charge is 0.497 e. The van der Waals surface area contributed by atoms with Crippen LogP contribution in [-0.2, 0) is 22.4 Å². The summed E-state index contributed by atoms with van der Waals surface area (Å²) < 4.78 is 17.2. The minimum atomic E-state index is -0.416. The van der Waals surface area contributed by atoms with Gasteiger partial charge >= 0.3 is 0 Å². The number of aliphatic hydroxyl groups excluding tert-OH is 1. The number of benzene rings is 2. The number of methoxy groups -OCH3 is 1. The monoisotopic (exact) mass is 382 g/mol. The molecule has 4 rings (SSSR count). The summed E-state index contributed by atoms with van der Waals surface area (Å²) in [7, 11) is 1.66. The van der Waals surface area contributed by atoms with Crippen molar-refractivity contribution in [1.29, 1.82) is 0 Å². The average molecular weight is 382 g/mol. The first-order valence-corrected chi connectivity index (χ1v) is 9.78. The van der Waals surface area contributed by atoms with Crippen molar-refractivity contribution < 1.29 is 24.1 Å². The van der Waals surface area contributed by atoms with Gasteiger partial charge in [0.05, 0.1) is 32.5 Å². The van der Waals surface area contributed by atoms with E-state index in [-0.39, 0.29) is 18.5 Å². The summed E-state index contributed by atoms with van der Waals surface area (Å²) in [5, 5.41) is 9.48. The van der Waals surface area contributed by atoms with Gasteiger partial charge in [-0.1, -0.05) is 12.1 Å². The Hall–Kier alpha value is -2.37. The Kier molecular flexibility index (Phi) is 5.38. The molecule has 0 bridgehead atoms. The van der Waals surface area contributed by atoms with Crippen molar-refractivity contribution in [2.45, 2.75) is 44.8 Å². The molecule has 148 valence electrons. The zero-order chi connectivity index (χ0) is 19.7. The van der Waals surface area contributed by atoms with Gasteiger partial charge in [0.2, 0.25) is 0 Å². The SMILES string of the molecule is COc1ccc(Cc2cc([C@H]3CC(=O)C[C@@H](CO)O3)c(C)c3c2OCC3)cc1. The second-order valence-corrected chi connectivity index (χ2v) is 7.56. The van der Waals surface area contributed by atoms with Gasteiger partial charge in [0.25, 0.3) is 0 Å². The molecule has 5 heteroatoms. The molecule has 0 unspecified atom stereocenters. The van der Waals surface area contributed by atoms with Crippen molar-refractivity contribution in [3.05, 3.63) is 58.1 Å². The number of carbonyl (C=O) groups is 1. The predicted octanol–water partition coefficient (Wildman–Crippen LogP) is 3.31. The molecule has 2 aromatic carbocycles. The molecule has 0 radical (unpaired) electrons. The molecular formula is C23H26O5. The Morgan fingerprint density at radius 3 is 2.71 bits per heavy atom. The lowest BCUT2D eigenvalue weighted by atomic mass is 9.88. The van der Waals surface area contributed by atoms with Crippen molar-refractivity contribution in [3.8, 4) is 11.5 Å².